The summed E-state index contributed by atoms with van der Waals surface area (Å²) in [5, 5.41) is 0. The van der Waals surface area contributed by atoms with Crippen molar-refractivity contribution in [3.63, 3.8) is 0 Å². The zero-order valence-electron chi connectivity index (χ0n) is 35.6. The van der Waals surface area contributed by atoms with E-state index in [4.69, 9.17) is 0 Å². The molecule has 4 aliphatic rings. The molecular formula is C56H70Si. The first kappa shape index (κ1) is 40.4. The molecule has 2 atom stereocenters. The first-order valence-corrected chi connectivity index (χ1v) is 25.2. The van der Waals surface area contributed by atoms with E-state index in [0.717, 1.165) is 21.4 Å². The third-order valence-corrected chi connectivity index (χ3v) is 15.9. The van der Waals surface area contributed by atoms with Gasteiger partial charge < -0.3 is 0 Å². The monoisotopic (exact) mass is 771 g/mol. The highest BCUT2D eigenvalue weighted by molar-refractivity contribution is 6.36. The lowest BCUT2D eigenvalue weighted by Gasteiger charge is -2.22. The lowest BCUT2D eigenvalue weighted by molar-refractivity contribution is 0.443. The summed E-state index contributed by atoms with van der Waals surface area (Å²) in [4.78, 5) is 0. The maximum absolute atomic E-state index is 2.65. The Balaban J connectivity index is 1.02. The molecule has 0 bridgehead atoms. The number of rotatable bonds is 18. The molecule has 57 heavy (non-hydrogen) atoms. The quantitative estimate of drug-likeness (QED) is 0.0698. The van der Waals surface area contributed by atoms with E-state index in [0.29, 0.717) is 11.8 Å². The van der Waals surface area contributed by atoms with E-state index < -0.39 is 0 Å². The van der Waals surface area contributed by atoms with E-state index >= 15 is 0 Å². The molecule has 0 aromatic heterocycles. The molecule has 2 unspecified atom stereocenters. The highest BCUT2D eigenvalue weighted by Crippen LogP contribution is 2.48. The van der Waals surface area contributed by atoms with E-state index in [9.17, 15) is 0 Å². The molecular weight excluding hydrogens is 701 g/mol. The van der Waals surface area contributed by atoms with Crippen LogP contribution >= 0.6 is 0 Å². The standard InChI is InChI=1S/C56H70Si/c1-3-5-7-11-23-47-37-53-49(45-33-29-43(30-34-45)41-19-13-9-14-20-41)25-17-27-51(53)55(47)39-57-40-56-48(24-12-8-6-4-2)38-54-50(26-18-28-52(54)56)46-35-31-44(32-36-46)42-21-15-10-16-22-42/h17-18,25-38,41-42,55-56H,3-16,19-24,39-40H2,1-2H3. The molecule has 0 saturated heterocycles. The van der Waals surface area contributed by atoms with Gasteiger partial charge in [0.25, 0.3) is 0 Å². The molecule has 0 N–H and O–H groups in total. The fourth-order valence-electron chi connectivity index (χ4n) is 11.2. The number of unbranched alkanes of at least 4 members (excludes halogenated alkanes) is 6. The van der Waals surface area contributed by atoms with E-state index in [2.05, 4.69) is 111 Å². The number of benzene rings is 4. The van der Waals surface area contributed by atoms with Crippen LogP contribution in [0, 0.1) is 0 Å². The van der Waals surface area contributed by atoms with Crippen LogP contribution in [-0.2, 0) is 0 Å². The Hall–Kier alpha value is -3.42. The summed E-state index contributed by atoms with van der Waals surface area (Å²) in [6.45, 7) is 4.68. The maximum Gasteiger partial charge on any atom is 0.0397 e. The Morgan fingerprint density at radius 2 is 0.877 bits per heavy atom. The van der Waals surface area contributed by atoms with Crippen LogP contribution in [-0.4, -0.2) is 9.52 Å². The molecule has 0 aliphatic heterocycles. The average Bonchev–Trinajstić information content (AvgIpc) is 3.82. The van der Waals surface area contributed by atoms with E-state index in [-0.39, 0.29) is 0 Å². The molecule has 4 aliphatic carbocycles. The molecule has 2 fully saturated rings. The van der Waals surface area contributed by atoms with Gasteiger partial charge in [0.2, 0.25) is 0 Å². The number of fused-ring (bicyclic) bond motifs is 2. The molecule has 1 heteroatoms. The van der Waals surface area contributed by atoms with Crippen LogP contribution in [0.25, 0.3) is 34.4 Å². The molecule has 4 aromatic carbocycles. The predicted molar refractivity (Wildman–Crippen MR) is 250 cm³/mol. The van der Waals surface area contributed by atoms with Gasteiger partial charge in [0.1, 0.15) is 0 Å². The second kappa shape index (κ2) is 20.0. The minimum absolute atomic E-state index is 0.563. The second-order valence-corrected chi connectivity index (χ2v) is 19.7. The Morgan fingerprint density at radius 3 is 1.28 bits per heavy atom. The van der Waals surface area contributed by atoms with Crippen molar-refractivity contribution in [1.82, 2.24) is 0 Å². The van der Waals surface area contributed by atoms with Gasteiger partial charge in [-0.3, -0.25) is 0 Å². The van der Waals surface area contributed by atoms with Crippen LogP contribution in [0.15, 0.2) is 96.1 Å². The number of allylic oxidation sites excluding steroid dienone is 2. The average molecular weight is 771 g/mol. The topological polar surface area (TPSA) is 0 Å². The van der Waals surface area contributed by atoms with Crippen LogP contribution < -0.4 is 0 Å². The van der Waals surface area contributed by atoms with Gasteiger partial charge in [-0.2, -0.15) is 0 Å². The molecule has 0 spiro atoms. The van der Waals surface area contributed by atoms with Crippen molar-refractivity contribution in [3.8, 4) is 22.3 Å². The molecule has 2 saturated carbocycles. The maximum atomic E-state index is 2.65. The predicted octanol–water partition coefficient (Wildman–Crippen LogP) is 17.3. The Morgan fingerprint density at radius 1 is 0.456 bits per heavy atom. The number of hydrogen-bond acceptors (Lipinski definition) is 0. The van der Waals surface area contributed by atoms with Crippen molar-refractivity contribution in [2.45, 2.75) is 178 Å². The summed E-state index contributed by atoms with van der Waals surface area (Å²) >= 11 is 0. The highest BCUT2D eigenvalue weighted by Gasteiger charge is 2.30. The second-order valence-electron chi connectivity index (χ2n) is 18.4. The van der Waals surface area contributed by atoms with Crippen molar-refractivity contribution in [1.29, 1.82) is 0 Å². The smallest absolute Gasteiger partial charge is 0.0397 e. The summed E-state index contributed by atoms with van der Waals surface area (Å²) in [5.74, 6) is 2.65. The van der Waals surface area contributed by atoms with E-state index in [1.165, 1.54) is 174 Å². The van der Waals surface area contributed by atoms with Crippen LogP contribution in [0.5, 0.6) is 0 Å². The van der Waals surface area contributed by atoms with Gasteiger partial charge in [-0.25, -0.2) is 0 Å². The fraction of sp³-hybridized carbons (Fsp3) is 0.500. The van der Waals surface area contributed by atoms with Crippen LogP contribution in [0.4, 0.5) is 0 Å². The summed E-state index contributed by atoms with van der Waals surface area (Å²) in [6.07, 6.45) is 32.3. The molecule has 298 valence electrons. The van der Waals surface area contributed by atoms with Gasteiger partial charge >= 0.3 is 0 Å². The molecule has 8 rings (SSSR count). The highest BCUT2D eigenvalue weighted by atomic mass is 28.2. The molecule has 0 amide bonds. The zero-order chi connectivity index (χ0) is 38.8. The fourth-order valence-corrected chi connectivity index (χ4v) is 12.9. The van der Waals surface area contributed by atoms with Gasteiger partial charge in [-0.15, -0.1) is 0 Å². The molecule has 2 radical (unpaired) electrons. The Kier molecular flexibility index (Phi) is 14.2. The lowest BCUT2D eigenvalue weighted by atomic mass is 9.83. The van der Waals surface area contributed by atoms with Crippen molar-refractivity contribution in [2.24, 2.45) is 0 Å². The van der Waals surface area contributed by atoms with Crippen LogP contribution in [0.3, 0.4) is 0 Å². The van der Waals surface area contributed by atoms with Gasteiger partial charge in [0.05, 0.1) is 0 Å². The lowest BCUT2D eigenvalue weighted by Crippen LogP contribution is -2.08. The molecule has 0 nitrogen and oxygen atoms in total. The van der Waals surface area contributed by atoms with E-state index in [1.807, 2.05) is 0 Å². The minimum Gasteiger partial charge on any atom is -0.0654 e. The van der Waals surface area contributed by atoms with E-state index in [1.54, 1.807) is 33.4 Å². The van der Waals surface area contributed by atoms with Crippen molar-refractivity contribution >= 4 is 21.7 Å². The first-order chi connectivity index (χ1) is 28.2. The number of hydrogen-bond donors (Lipinski definition) is 0. The van der Waals surface area contributed by atoms with Crippen molar-refractivity contribution < 1.29 is 0 Å². The zero-order valence-corrected chi connectivity index (χ0v) is 36.6. The largest absolute Gasteiger partial charge is 0.0654 e. The van der Waals surface area contributed by atoms with Crippen molar-refractivity contribution in [3.05, 3.63) is 129 Å². The summed E-state index contributed by atoms with van der Waals surface area (Å²) in [5.41, 5.74) is 18.5. The van der Waals surface area contributed by atoms with Gasteiger partial charge in [0.15, 0.2) is 0 Å². The van der Waals surface area contributed by atoms with Crippen LogP contribution in [0.1, 0.15) is 199 Å². The first-order valence-electron chi connectivity index (χ1n) is 23.8. The normalized spacial score (nSPS) is 19.7. The van der Waals surface area contributed by atoms with Gasteiger partial charge in [-0.1, -0.05) is 211 Å². The SMILES string of the molecule is CCCCCCC1=Cc2c(-c3ccc(C4CCCCC4)cc3)cccc2C1C[Si]CC1C(CCCCCC)=Cc2c(-c3ccc(C4CCCCC4)cc3)cccc21. The minimum atomic E-state index is 0.563. The third-order valence-electron chi connectivity index (χ3n) is 14.5. The third kappa shape index (κ3) is 9.57. The molecule has 0 heterocycles. The summed E-state index contributed by atoms with van der Waals surface area (Å²) < 4.78 is 0. The Labute approximate surface area is 349 Å². The van der Waals surface area contributed by atoms with Gasteiger partial charge in [0, 0.05) is 21.4 Å². The molecule has 4 aromatic rings. The van der Waals surface area contributed by atoms with Crippen molar-refractivity contribution in [2.75, 3.05) is 0 Å². The summed E-state index contributed by atoms with van der Waals surface area (Å²) in [7, 11) is 0.953. The Bertz CT molecular complexity index is 1800. The summed E-state index contributed by atoms with van der Waals surface area (Å²) in [6, 6.07) is 36.6. The van der Waals surface area contributed by atoms with Crippen LogP contribution in [0.2, 0.25) is 12.1 Å². The van der Waals surface area contributed by atoms with Gasteiger partial charge in [-0.05, 0) is 119 Å².